The van der Waals surface area contributed by atoms with E-state index in [-0.39, 0.29) is 25.9 Å². The number of rotatable bonds is 48. The second-order valence-electron chi connectivity index (χ2n) is 19.5. The summed E-state index contributed by atoms with van der Waals surface area (Å²) in [6.07, 6.45) is 54.0. The van der Waals surface area contributed by atoms with Crippen molar-refractivity contribution < 1.29 is 58.2 Å². The highest BCUT2D eigenvalue weighted by Crippen LogP contribution is 2.26. The lowest BCUT2D eigenvalue weighted by atomic mass is 9.98. The van der Waals surface area contributed by atoms with Gasteiger partial charge in [0, 0.05) is 12.8 Å². The number of aliphatic carboxylic acids is 1. The number of carbonyl (C=O) groups excluding carboxylic acids is 3. The van der Waals surface area contributed by atoms with Crippen LogP contribution in [0, 0.1) is 0 Å². The lowest BCUT2D eigenvalue weighted by Crippen LogP contribution is -2.61. The lowest BCUT2D eigenvalue weighted by Gasteiger charge is -2.40. The molecule has 0 spiro atoms. The average Bonchev–Trinajstić information content (AvgIpc) is 3.39. The number of carbonyl (C=O) groups is 4. The zero-order chi connectivity index (χ0) is 54.7. The summed E-state index contributed by atoms with van der Waals surface area (Å²) < 4.78 is 28.3. The van der Waals surface area contributed by atoms with Crippen LogP contribution in [-0.4, -0.2) is 89.2 Å². The zero-order valence-corrected chi connectivity index (χ0v) is 46.8. The molecule has 1 fully saturated rings. The van der Waals surface area contributed by atoms with Gasteiger partial charge in [-0.1, -0.05) is 227 Å². The standard InChI is InChI=1S/C63H102O12/c1-4-7-10-13-16-19-22-25-28-31-34-37-40-43-46-49-55(64)71-52-54(73-56(65)50-47-44-41-38-35-32-29-26-23-20-17-14-11-8-5-2)53-72-63-61(59(68)58(67)60(75-63)62(69)70)74-57(66)51-48-45-42-39-36-33-30-27-24-21-18-15-12-9-6-3/h7,9-10,12,16,18-19,21,25,27-28,30,36,39,45,48,54,58-61,63,67-68H,4-6,8,11,13-15,17,20,22-24,26,29,31-35,37-38,40-44,46-47,49-53H2,1-3H3,(H,69,70)/b10-7-,12-9-,19-16-,21-18-,28-25-,30-27-,39-36-,48-45-. The number of esters is 3. The fraction of sp³-hybridized carbons (Fsp3) is 0.683. The predicted molar refractivity (Wildman–Crippen MR) is 303 cm³/mol. The third kappa shape index (κ3) is 40.6. The molecule has 426 valence electrons. The largest absolute Gasteiger partial charge is 0.479 e. The first kappa shape index (κ1) is 68.7. The fourth-order valence-electron chi connectivity index (χ4n) is 8.28. The van der Waals surface area contributed by atoms with Crippen molar-refractivity contribution in [3.8, 4) is 0 Å². The molecule has 12 nitrogen and oxygen atoms in total. The van der Waals surface area contributed by atoms with Gasteiger partial charge in [-0.3, -0.25) is 14.4 Å². The van der Waals surface area contributed by atoms with E-state index in [1.54, 1.807) is 12.2 Å². The van der Waals surface area contributed by atoms with Crippen molar-refractivity contribution in [2.75, 3.05) is 13.2 Å². The highest BCUT2D eigenvalue weighted by molar-refractivity contribution is 5.74. The second kappa shape index (κ2) is 50.5. The summed E-state index contributed by atoms with van der Waals surface area (Å²) >= 11 is 0. The molecule has 1 aliphatic heterocycles. The van der Waals surface area contributed by atoms with Crippen molar-refractivity contribution in [2.45, 2.75) is 263 Å². The Labute approximate surface area is 453 Å². The van der Waals surface area contributed by atoms with Crippen molar-refractivity contribution in [1.82, 2.24) is 0 Å². The number of carboxylic acid groups (broad SMARTS) is 1. The van der Waals surface area contributed by atoms with Crippen molar-refractivity contribution in [1.29, 1.82) is 0 Å². The van der Waals surface area contributed by atoms with E-state index in [2.05, 4.69) is 93.7 Å². The van der Waals surface area contributed by atoms with E-state index >= 15 is 0 Å². The van der Waals surface area contributed by atoms with E-state index in [1.807, 2.05) is 12.2 Å². The minimum Gasteiger partial charge on any atom is -0.479 e. The molecule has 0 aromatic heterocycles. The van der Waals surface area contributed by atoms with Crippen LogP contribution in [0.15, 0.2) is 97.2 Å². The van der Waals surface area contributed by atoms with Gasteiger partial charge < -0.3 is 39.0 Å². The van der Waals surface area contributed by atoms with Crippen LogP contribution in [0.5, 0.6) is 0 Å². The molecule has 75 heavy (non-hydrogen) atoms. The van der Waals surface area contributed by atoms with Gasteiger partial charge in [-0.25, -0.2) is 4.79 Å². The van der Waals surface area contributed by atoms with Crippen LogP contribution in [0.3, 0.4) is 0 Å². The molecule has 0 aromatic carbocycles. The van der Waals surface area contributed by atoms with Gasteiger partial charge in [0.2, 0.25) is 0 Å². The topological polar surface area (TPSA) is 175 Å². The summed E-state index contributed by atoms with van der Waals surface area (Å²) in [7, 11) is 0. The van der Waals surface area contributed by atoms with Crippen LogP contribution in [0.1, 0.15) is 226 Å². The Balaban J connectivity index is 2.76. The van der Waals surface area contributed by atoms with Crippen molar-refractivity contribution in [2.24, 2.45) is 0 Å². The Morgan fingerprint density at radius 3 is 1.35 bits per heavy atom. The van der Waals surface area contributed by atoms with E-state index in [0.29, 0.717) is 19.3 Å². The maximum absolute atomic E-state index is 13.1. The maximum Gasteiger partial charge on any atom is 0.335 e. The summed E-state index contributed by atoms with van der Waals surface area (Å²) in [6, 6.07) is 0. The molecule has 0 saturated carbocycles. The first-order chi connectivity index (χ1) is 36.6. The number of aliphatic hydroxyl groups excluding tert-OH is 2. The summed E-state index contributed by atoms with van der Waals surface area (Å²) in [5, 5.41) is 31.4. The van der Waals surface area contributed by atoms with Crippen LogP contribution >= 0.6 is 0 Å². The molecule has 0 radical (unpaired) electrons. The van der Waals surface area contributed by atoms with E-state index in [4.69, 9.17) is 23.7 Å². The molecule has 1 saturated heterocycles. The number of hydrogen-bond donors (Lipinski definition) is 3. The summed E-state index contributed by atoms with van der Waals surface area (Å²) in [5.41, 5.74) is 0. The van der Waals surface area contributed by atoms with Gasteiger partial charge in [-0.2, -0.15) is 0 Å². The van der Waals surface area contributed by atoms with Gasteiger partial charge in [-0.15, -0.1) is 0 Å². The highest BCUT2D eigenvalue weighted by Gasteiger charge is 2.50. The predicted octanol–water partition coefficient (Wildman–Crippen LogP) is 14.9. The minimum atomic E-state index is -1.94. The lowest BCUT2D eigenvalue weighted by molar-refractivity contribution is -0.301. The fourth-order valence-corrected chi connectivity index (χ4v) is 8.28. The molecule has 0 amide bonds. The first-order valence-electron chi connectivity index (χ1n) is 29.2. The van der Waals surface area contributed by atoms with Gasteiger partial charge in [0.1, 0.15) is 18.8 Å². The van der Waals surface area contributed by atoms with E-state index in [1.165, 1.54) is 70.6 Å². The van der Waals surface area contributed by atoms with Crippen molar-refractivity contribution in [3.63, 3.8) is 0 Å². The quantitative estimate of drug-likeness (QED) is 0.0228. The number of aliphatic hydroxyl groups is 2. The normalized spacial score (nSPS) is 18.9. The molecule has 1 rings (SSSR count). The van der Waals surface area contributed by atoms with Crippen molar-refractivity contribution >= 4 is 23.9 Å². The third-order valence-corrected chi connectivity index (χ3v) is 12.7. The molecule has 0 aromatic rings. The number of hydrogen-bond acceptors (Lipinski definition) is 11. The third-order valence-electron chi connectivity index (χ3n) is 12.7. The van der Waals surface area contributed by atoms with Crippen LogP contribution in [0.2, 0.25) is 0 Å². The Bertz CT molecular complexity index is 1670. The monoisotopic (exact) mass is 1050 g/mol. The number of carboxylic acids is 1. The van der Waals surface area contributed by atoms with E-state index in [9.17, 15) is 34.5 Å². The summed E-state index contributed by atoms with van der Waals surface area (Å²) in [4.78, 5) is 51.0. The number of allylic oxidation sites excluding steroid dienone is 15. The van der Waals surface area contributed by atoms with Gasteiger partial charge >= 0.3 is 23.9 Å². The smallest absolute Gasteiger partial charge is 0.335 e. The number of unbranched alkanes of at least 4 members (excludes halogenated alkanes) is 19. The molecule has 1 aliphatic rings. The Morgan fingerprint density at radius 2 is 0.880 bits per heavy atom. The van der Waals surface area contributed by atoms with E-state index in [0.717, 1.165) is 96.3 Å². The van der Waals surface area contributed by atoms with Gasteiger partial charge in [0.15, 0.2) is 24.6 Å². The minimum absolute atomic E-state index is 0.147. The molecule has 12 heteroatoms. The Morgan fingerprint density at radius 1 is 0.467 bits per heavy atom. The van der Waals surface area contributed by atoms with Crippen LogP contribution < -0.4 is 0 Å². The van der Waals surface area contributed by atoms with Gasteiger partial charge in [-0.05, 0) is 77.0 Å². The maximum atomic E-state index is 13.1. The first-order valence-corrected chi connectivity index (χ1v) is 29.2. The molecule has 6 atom stereocenters. The van der Waals surface area contributed by atoms with Crippen LogP contribution in [-0.2, 0) is 42.9 Å². The molecule has 6 unspecified atom stereocenters. The van der Waals surface area contributed by atoms with Gasteiger partial charge in [0.25, 0.3) is 0 Å². The highest BCUT2D eigenvalue weighted by atomic mass is 16.7. The molecular weight excluding hydrogens is 949 g/mol. The SMILES string of the molecule is CC/C=C\C/C=C\C/C=C\C/C=C\C/C=C\CC(=O)OC1C(OCC(COC(=O)CCCCCCC/C=C\C/C=C\C/C=C\CC)OC(=O)CCCCCCCCCCCCCCCCC)OC(C(=O)O)C(O)C1O. The summed E-state index contributed by atoms with van der Waals surface area (Å²) in [6.45, 7) is 5.71. The van der Waals surface area contributed by atoms with Crippen LogP contribution in [0.25, 0.3) is 0 Å². The molecule has 0 aliphatic carbocycles. The molecule has 3 N–H and O–H groups in total. The van der Waals surface area contributed by atoms with E-state index < -0.39 is 67.3 Å². The average molecular weight is 1050 g/mol. The van der Waals surface area contributed by atoms with Crippen molar-refractivity contribution in [3.05, 3.63) is 97.2 Å². The van der Waals surface area contributed by atoms with Crippen LogP contribution in [0.4, 0.5) is 0 Å². The Kier molecular flexibility index (Phi) is 46.2. The zero-order valence-electron chi connectivity index (χ0n) is 46.8. The second-order valence-corrected chi connectivity index (χ2v) is 19.5. The molecule has 0 bridgehead atoms. The Hall–Kier alpha value is -4.36. The summed E-state index contributed by atoms with van der Waals surface area (Å²) in [5.74, 6) is -3.31. The van der Waals surface area contributed by atoms with Gasteiger partial charge in [0.05, 0.1) is 13.0 Å². The molecule has 1 heterocycles. The number of ether oxygens (including phenoxy) is 5. The molecular formula is C63H102O12.